The van der Waals surface area contributed by atoms with Crippen LogP contribution in [0.3, 0.4) is 0 Å². The fraction of sp³-hybridized carbons (Fsp3) is 0.455. The van der Waals surface area contributed by atoms with E-state index in [0.717, 1.165) is 12.8 Å². The minimum atomic E-state index is 0.975. The smallest absolute Gasteiger partial charge is 0.0141 e. The highest BCUT2D eigenvalue weighted by Crippen LogP contribution is 2.09. The Morgan fingerprint density at radius 3 is 2.55 bits per heavy atom. The summed E-state index contributed by atoms with van der Waals surface area (Å²) in [6, 6.07) is 0. The second kappa shape index (κ2) is 5.96. The van der Waals surface area contributed by atoms with Crippen molar-refractivity contribution in [1.29, 1.82) is 0 Å². The van der Waals surface area contributed by atoms with Crippen LogP contribution in [0.5, 0.6) is 0 Å². The first kappa shape index (κ1) is 10.2. The summed E-state index contributed by atoms with van der Waals surface area (Å²) >= 11 is 0. The second-order valence-corrected chi connectivity index (χ2v) is 2.89. The van der Waals surface area contributed by atoms with Crippen molar-refractivity contribution < 1.29 is 0 Å². The molecule has 0 aromatic carbocycles. The van der Waals surface area contributed by atoms with E-state index in [1.807, 2.05) is 6.08 Å². The van der Waals surface area contributed by atoms with E-state index >= 15 is 0 Å². The third kappa shape index (κ3) is 5.65. The molecule has 0 atom stereocenters. The summed E-state index contributed by atoms with van der Waals surface area (Å²) in [6.07, 6.45) is 7.34. The molecule has 0 rings (SSSR count). The highest BCUT2D eigenvalue weighted by atomic mass is 13.9. The molecule has 0 N–H and O–H groups in total. The Bertz CT molecular complexity index is 161. The van der Waals surface area contributed by atoms with Crippen molar-refractivity contribution in [3.05, 3.63) is 36.5 Å². The van der Waals surface area contributed by atoms with Crippen molar-refractivity contribution in [3.63, 3.8) is 0 Å². The summed E-state index contributed by atoms with van der Waals surface area (Å²) in [7, 11) is 0. The molecule has 0 aromatic rings. The SMILES string of the molecule is C=CCC(C)=CC(=C)CCC. The number of rotatable bonds is 5. The average Bonchev–Trinajstić information content (AvgIpc) is 1.87. The van der Waals surface area contributed by atoms with E-state index in [9.17, 15) is 0 Å². The van der Waals surface area contributed by atoms with Gasteiger partial charge in [-0.25, -0.2) is 0 Å². The molecule has 0 saturated carbocycles. The van der Waals surface area contributed by atoms with Crippen LogP contribution in [-0.4, -0.2) is 0 Å². The molecule has 0 radical (unpaired) electrons. The summed E-state index contributed by atoms with van der Waals surface area (Å²) in [4.78, 5) is 0. The van der Waals surface area contributed by atoms with Crippen LogP contribution in [0.15, 0.2) is 36.5 Å². The van der Waals surface area contributed by atoms with Gasteiger partial charge in [-0.3, -0.25) is 0 Å². The molecule has 11 heavy (non-hydrogen) atoms. The molecule has 0 spiro atoms. The van der Waals surface area contributed by atoms with Gasteiger partial charge in [-0.2, -0.15) is 0 Å². The van der Waals surface area contributed by atoms with Gasteiger partial charge in [-0.15, -0.1) is 6.58 Å². The van der Waals surface area contributed by atoms with Crippen molar-refractivity contribution in [3.8, 4) is 0 Å². The third-order valence-electron chi connectivity index (χ3n) is 1.49. The van der Waals surface area contributed by atoms with Crippen LogP contribution in [-0.2, 0) is 0 Å². The van der Waals surface area contributed by atoms with Gasteiger partial charge in [-0.1, -0.05) is 43.2 Å². The molecule has 0 aromatic heterocycles. The maximum absolute atomic E-state index is 3.96. The fourth-order valence-electron chi connectivity index (χ4n) is 1.03. The van der Waals surface area contributed by atoms with E-state index in [0.29, 0.717) is 0 Å². The number of hydrogen-bond acceptors (Lipinski definition) is 0. The maximum Gasteiger partial charge on any atom is -0.0141 e. The molecule has 0 amide bonds. The van der Waals surface area contributed by atoms with Crippen LogP contribution < -0.4 is 0 Å². The maximum atomic E-state index is 3.96. The lowest BCUT2D eigenvalue weighted by atomic mass is 10.1. The molecule has 0 aliphatic heterocycles. The van der Waals surface area contributed by atoms with Crippen LogP contribution in [0.4, 0.5) is 0 Å². The largest absolute Gasteiger partial charge is 0.103 e. The zero-order valence-corrected chi connectivity index (χ0v) is 7.69. The van der Waals surface area contributed by atoms with Crippen molar-refractivity contribution in [1.82, 2.24) is 0 Å². The van der Waals surface area contributed by atoms with Crippen molar-refractivity contribution in [2.75, 3.05) is 0 Å². The molecule has 0 aliphatic rings. The Morgan fingerprint density at radius 1 is 1.45 bits per heavy atom. The highest BCUT2D eigenvalue weighted by molar-refractivity contribution is 5.20. The molecule has 0 saturated heterocycles. The molecule has 0 aliphatic carbocycles. The Morgan fingerprint density at radius 2 is 2.09 bits per heavy atom. The lowest BCUT2D eigenvalue weighted by molar-refractivity contribution is 0.926. The van der Waals surface area contributed by atoms with Crippen LogP contribution in [0, 0.1) is 0 Å². The summed E-state index contributed by atoms with van der Waals surface area (Å²) in [6.45, 7) is 11.9. The average molecular weight is 150 g/mol. The zero-order valence-electron chi connectivity index (χ0n) is 7.69. The summed E-state index contributed by atoms with van der Waals surface area (Å²) in [5.74, 6) is 0. The predicted molar refractivity (Wildman–Crippen MR) is 52.6 cm³/mol. The lowest BCUT2D eigenvalue weighted by Crippen LogP contribution is -1.78. The summed E-state index contributed by atoms with van der Waals surface area (Å²) in [5.41, 5.74) is 2.57. The quantitative estimate of drug-likeness (QED) is 0.412. The third-order valence-corrected chi connectivity index (χ3v) is 1.49. The van der Waals surface area contributed by atoms with Gasteiger partial charge in [0.25, 0.3) is 0 Å². The van der Waals surface area contributed by atoms with Gasteiger partial charge in [0.2, 0.25) is 0 Å². The molecule has 0 heterocycles. The van der Waals surface area contributed by atoms with E-state index in [2.05, 4.69) is 33.1 Å². The predicted octanol–water partition coefficient (Wildman–Crippen LogP) is 3.87. The van der Waals surface area contributed by atoms with Crippen LogP contribution in [0.2, 0.25) is 0 Å². The van der Waals surface area contributed by atoms with Gasteiger partial charge in [0, 0.05) is 0 Å². The zero-order chi connectivity index (χ0) is 8.69. The molecule has 0 bridgehead atoms. The highest BCUT2D eigenvalue weighted by Gasteiger charge is 1.88. The van der Waals surface area contributed by atoms with E-state index in [4.69, 9.17) is 0 Å². The molecule has 0 fully saturated rings. The molecule has 0 heteroatoms. The van der Waals surface area contributed by atoms with Gasteiger partial charge in [0.15, 0.2) is 0 Å². The van der Waals surface area contributed by atoms with Crippen LogP contribution >= 0.6 is 0 Å². The van der Waals surface area contributed by atoms with Gasteiger partial charge < -0.3 is 0 Å². The Balaban J connectivity index is 3.85. The van der Waals surface area contributed by atoms with Crippen LogP contribution in [0.1, 0.15) is 33.1 Å². The Kier molecular flexibility index (Phi) is 5.54. The molecular weight excluding hydrogens is 132 g/mol. The minimum absolute atomic E-state index is 0.975. The first-order valence-corrected chi connectivity index (χ1v) is 4.16. The van der Waals surface area contributed by atoms with Crippen molar-refractivity contribution in [2.24, 2.45) is 0 Å². The van der Waals surface area contributed by atoms with E-state index in [-0.39, 0.29) is 0 Å². The van der Waals surface area contributed by atoms with Gasteiger partial charge >= 0.3 is 0 Å². The number of allylic oxidation sites excluding steroid dienone is 4. The molecular formula is C11H18. The molecule has 0 nitrogen and oxygen atoms in total. The van der Waals surface area contributed by atoms with Gasteiger partial charge in [0.1, 0.15) is 0 Å². The standard InChI is InChI=1S/C11H18/c1-5-7-10(3)9-11(4)8-6-2/h5,9H,1,4,6-8H2,2-3H3. The second-order valence-electron chi connectivity index (χ2n) is 2.89. The first-order valence-electron chi connectivity index (χ1n) is 4.16. The topological polar surface area (TPSA) is 0 Å². The minimum Gasteiger partial charge on any atom is -0.103 e. The van der Waals surface area contributed by atoms with Gasteiger partial charge in [0.05, 0.1) is 0 Å². The Hall–Kier alpha value is -0.780. The molecule has 0 unspecified atom stereocenters. The molecule has 62 valence electrons. The first-order chi connectivity index (χ1) is 5.20. The monoisotopic (exact) mass is 150 g/mol. The van der Waals surface area contributed by atoms with Crippen LogP contribution in [0.25, 0.3) is 0 Å². The lowest BCUT2D eigenvalue weighted by Gasteiger charge is -1.98. The van der Waals surface area contributed by atoms with Gasteiger partial charge in [-0.05, 0) is 19.8 Å². The van der Waals surface area contributed by atoms with E-state index in [1.54, 1.807) is 0 Å². The normalized spacial score (nSPS) is 11.3. The van der Waals surface area contributed by atoms with E-state index in [1.165, 1.54) is 17.6 Å². The summed E-state index contributed by atoms with van der Waals surface area (Å²) in [5, 5.41) is 0. The number of hydrogen-bond donors (Lipinski definition) is 0. The van der Waals surface area contributed by atoms with Crippen molar-refractivity contribution >= 4 is 0 Å². The summed E-state index contributed by atoms with van der Waals surface area (Å²) < 4.78 is 0. The van der Waals surface area contributed by atoms with Crippen molar-refractivity contribution in [2.45, 2.75) is 33.1 Å². The Labute approximate surface area is 70.3 Å². The van der Waals surface area contributed by atoms with E-state index < -0.39 is 0 Å². The fourth-order valence-corrected chi connectivity index (χ4v) is 1.03.